The van der Waals surface area contributed by atoms with Crippen LogP contribution in [-0.4, -0.2) is 103 Å². The van der Waals surface area contributed by atoms with Crippen LogP contribution >= 0.6 is 0 Å². The quantitative estimate of drug-likeness (QED) is 0.173. The topological polar surface area (TPSA) is 219 Å². The molecule has 0 saturated carbocycles. The molecule has 2 aromatic heterocycles. The third kappa shape index (κ3) is 12.4. The Kier molecular flexibility index (Phi) is 14.2. The Labute approximate surface area is 333 Å². The summed E-state index contributed by atoms with van der Waals surface area (Å²) in [5.74, 6) is 1.23. The summed E-state index contributed by atoms with van der Waals surface area (Å²) in [4.78, 5) is 44.6. The first-order chi connectivity index (χ1) is 26.5. The second kappa shape index (κ2) is 18.6. The van der Waals surface area contributed by atoms with Crippen molar-refractivity contribution in [3.05, 3.63) is 72.3 Å². The smallest absolute Gasteiger partial charge is 0.410 e. The summed E-state index contributed by atoms with van der Waals surface area (Å²) < 4.78 is 22.3. The lowest BCUT2D eigenvalue weighted by molar-refractivity contribution is -0.00899. The molecule has 0 unspecified atom stereocenters. The molecule has 0 radical (unpaired) electrons. The van der Waals surface area contributed by atoms with Crippen molar-refractivity contribution in [3.63, 3.8) is 0 Å². The molecule has 0 spiro atoms. The highest BCUT2D eigenvalue weighted by Crippen LogP contribution is 2.27. The second-order valence-corrected chi connectivity index (χ2v) is 15.5. The Morgan fingerprint density at radius 1 is 0.737 bits per heavy atom. The monoisotopic (exact) mass is 784 g/mol. The van der Waals surface area contributed by atoms with Crippen molar-refractivity contribution < 1.29 is 38.7 Å². The van der Waals surface area contributed by atoms with Crippen molar-refractivity contribution in [1.29, 1.82) is 5.26 Å². The third-order valence-corrected chi connectivity index (χ3v) is 8.31. The van der Waals surface area contributed by atoms with E-state index in [0.717, 1.165) is 11.1 Å². The summed E-state index contributed by atoms with van der Waals surface area (Å²) in [7, 11) is 0. The Morgan fingerprint density at radius 3 is 1.54 bits per heavy atom. The normalized spacial score (nSPS) is 14.1. The van der Waals surface area contributed by atoms with Crippen LogP contribution in [0.5, 0.6) is 23.3 Å². The lowest BCUT2D eigenvalue weighted by atomic mass is 10.0. The van der Waals surface area contributed by atoms with Crippen LogP contribution < -0.4 is 15.2 Å². The Morgan fingerprint density at radius 2 is 1.14 bits per heavy atom. The lowest BCUT2D eigenvalue weighted by Crippen LogP contribution is -2.53. The van der Waals surface area contributed by atoms with Crippen LogP contribution in [-0.2, 0) is 16.0 Å². The van der Waals surface area contributed by atoms with E-state index < -0.39 is 11.2 Å². The molecule has 0 aliphatic carbocycles. The van der Waals surface area contributed by atoms with Crippen LogP contribution in [0.3, 0.4) is 0 Å². The molecule has 2 aliphatic heterocycles. The highest BCUT2D eigenvalue weighted by Gasteiger charge is 2.35. The predicted octanol–water partition coefficient (Wildman–Crippen LogP) is 6.16. The van der Waals surface area contributed by atoms with Gasteiger partial charge in [0.15, 0.2) is 0 Å². The first-order valence-corrected chi connectivity index (χ1v) is 18.1. The first kappa shape index (κ1) is 43.5. The van der Waals surface area contributed by atoms with Gasteiger partial charge in [-0.15, -0.1) is 0 Å². The minimum Gasteiger partial charge on any atom is -0.508 e. The number of benzene rings is 2. The minimum absolute atomic E-state index is 0. The second-order valence-electron chi connectivity index (χ2n) is 15.5. The Balaban J connectivity index is 0.000000248. The number of carbonyl (C=O) groups is 2. The molecular weight excluding hydrogens is 732 g/mol. The molecule has 16 heteroatoms. The van der Waals surface area contributed by atoms with Gasteiger partial charge in [0.05, 0.1) is 37.0 Å². The summed E-state index contributed by atoms with van der Waals surface area (Å²) in [5.41, 5.74) is 8.14. The number of hydrogen-bond acceptors (Lipinski definition) is 14. The van der Waals surface area contributed by atoms with E-state index in [0.29, 0.717) is 62.4 Å². The molecule has 2 aromatic carbocycles. The number of aromatic nitrogens is 4. The number of nitrogens with zero attached hydrogens (tertiary/aromatic N) is 7. The summed E-state index contributed by atoms with van der Waals surface area (Å²) in [6.07, 6.45) is 2.48. The molecule has 4 aromatic rings. The molecule has 57 heavy (non-hydrogen) atoms. The number of carbonyl (C=O) groups excluding carboxylic acids is 2. The number of phenolic OH excluding ortho intramolecular Hbond substituents is 2. The van der Waals surface area contributed by atoms with Crippen LogP contribution in [0.15, 0.2) is 60.9 Å². The van der Waals surface area contributed by atoms with Crippen LogP contribution in [0, 0.1) is 23.2 Å². The van der Waals surface area contributed by atoms with E-state index in [2.05, 4.69) is 19.9 Å². The number of nitriles is 1. The maximum absolute atomic E-state index is 12.0. The first-order valence-electron chi connectivity index (χ1n) is 18.1. The molecular formula is C41H52N8O8. The Hall–Kier alpha value is -6.21. The van der Waals surface area contributed by atoms with Gasteiger partial charge in [-0.25, -0.2) is 24.5 Å². The number of ether oxygens (including phenoxy) is 4. The van der Waals surface area contributed by atoms with Crippen molar-refractivity contribution in [2.24, 2.45) is 17.6 Å². The fourth-order valence-electron chi connectivity index (χ4n) is 5.44. The molecule has 0 bridgehead atoms. The SMILES string of the molecule is C.CC(C)(C)OC(=O)N1CC(COc2nc(-c3ccc(O)cc3)cnc2C#N)C1.CC(C)(C)OC(=O)N1CC(COc2nc(-c3ccc(O)cc3)cnc2CN)C1. The summed E-state index contributed by atoms with van der Waals surface area (Å²) in [6.45, 7) is 14.2. The molecule has 2 aliphatic rings. The standard InChI is InChI=1S/C20H26N4O4.C20H22N4O4.CH4/c2*1-20(2,3)28-19(26)24-10-13(11-24)12-27-18-16(8-21)22-9-17(23-18)14-4-6-15(25)7-5-14;/h4-7,9,13,25H,8,10-12,21H2,1-3H3;4-7,9,13,25H,10-12H2,1-3H3;1H4. The molecule has 4 heterocycles. The van der Waals surface area contributed by atoms with E-state index in [4.69, 9.17) is 24.7 Å². The van der Waals surface area contributed by atoms with Crippen molar-refractivity contribution >= 4 is 12.2 Å². The summed E-state index contributed by atoms with van der Waals surface area (Å²) in [6, 6.07) is 15.2. The van der Waals surface area contributed by atoms with E-state index in [1.807, 2.05) is 47.6 Å². The zero-order chi connectivity index (χ0) is 40.6. The van der Waals surface area contributed by atoms with Gasteiger partial charge in [0.25, 0.3) is 5.88 Å². The fourth-order valence-corrected chi connectivity index (χ4v) is 5.44. The summed E-state index contributed by atoms with van der Waals surface area (Å²) in [5, 5.41) is 28.1. The van der Waals surface area contributed by atoms with Crippen LogP contribution in [0.4, 0.5) is 9.59 Å². The largest absolute Gasteiger partial charge is 0.508 e. The van der Waals surface area contributed by atoms with Gasteiger partial charge in [-0.2, -0.15) is 5.26 Å². The van der Waals surface area contributed by atoms with E-state index in [9.17, 15) is 25.1 Å². The highest BCUT2D eigenvalue weighted by atomic mass is 16.6. The number of hydrogen-bond donors (Lipinski definition) is 3. The molecule has 2 fully saturated rings. The third-order valence-electron chi connectivity index (χ3n) is 8.31. The predicted molar refractivity (Wildman–Crippen MR) is 211 cm³/mol. The van der Waals surface area contributed by atoms with Crippen molar-refractivity contribution in [3.8, 4) is 51.8 Å². The lowest BCUT2D eigenvalue weighted by Gasteiger charge is -2.39. The minimum atomic E-state index is -0.523. The maximum Gasteiger partial charge on any atom is 0.410 e. The van der Waals surface area contributed by atoms with Crippen LogP contribution in [0.25, 0.3) is 22.5 Å². The number of rotatable bonds is 9. The van der Waals surface area contributed by atoms with Gasteiger partial charge in [-0.3, -0.25) is 4.98 Å². The molecule has 16 nitrogen and oxygen atoms in total. The molecule has 4 N–H and O–H groups in total. The van der Waals surface area contributed by atoms with Gasteiger partial charge in [0, 0.05) is 55.7 Å². The molecule has 0 atom stereocenters. The van der Waals surface area contributed by atoms with E-state index in [-0.39, 0.29) is 61.1 Å². The van der Waals surface area contributed by atoms with Gasteiger partial charge >= 0.3 is 12.2 Å². The summed E-state index contributed by atoms with van der Waals surface area (Å²) >= 11 is 0. The zero-order valence-corrected chi connectivity index (χ0v) is 32.4. The number of amides is 2. The highest BCUT2D eigenvalue weighted by molar-refractivity contribution is 5.69. The van der Waals surface area contributed by atoms with Crippen LogP contribution in [0.1, 0.15) is 60.4 Å². The van der Waals surface area contributed by atoms with Gasteiger partial charge in [-0.1, -0.05) is 7.43 Å². The molecule has 6 rings (SSSR count). The zero-order valence-electron chi connectivity index (χ0n) is 32.4. The van der Waals surface area contributed by atoms with Gasteiger partial charge in [0.2, 0.25) is 11.6 Å². The number of likely N-dealkylation sites (tertiary alicyclic amines) is 2. The fraction of sp³-hybridized carbons (Fsp3) is 0.439. The van der Waals surface area contributed by atoms with Gasteiger partial charge in [-0.05, 0) is 90.1 Å². The maximum atomic E-state index is 12.0. The van der Waals surface area contributed by atoms with E-state index in [1.54, 1.807) is 64.5 Å². The molecule has 2 amide bonds. The number of aromatic hydroxyl groups is 2. The van der Waals surface area contributed by atoms with E-state index in [1.165, 1.54) is 6.20 Å². The average Bonchev–Trinajstić information content (AvgIpc) is 3.09. The molecule has 304 valence electrons. The number of nitrogens with two attached hydrogens (primary N) is 1. The Bertz CT molecular complexity index is 2010. The number of phenols is 2. The molecule has 2 saturated heterocycles. The van der Waals surface area contributed by atoms with Crippen molar-refractivity contribution in [2.45, 2.75) is 66.7 Å². The van der Waals surface area contributed by atoms with E-state index >= 15 is 0 Å². The van der Waals surface area contributed by atoms with Crippen molar-refractivity contribution in [1.82, 2.24) is 29.7 Å². The van der Waals surface area contributed by atoms with Gasteiger partial charge < -0.3 is 44.7 Å². The average molecular weight is 785 g/mol. The van der Waals surface area contributed by atoms with Crippen molar-refractivity contribution in [2.75, 3.05) is 39.4 Å². The van der Waals surface area contributed by atoms with Gasteiger partial charge in [0.1, 0.15) is 34.5 Å². The van der Waals surface area contributed by atoms with Crippen LogP contribution in [0.2, 0.25) is 0 Å².